The van der Waals surface area contributed by atoms with Gasteiger partial charge in [-0.1, -0.05) is 23.6 Å². The summed E-state index contributed by atoms with van der Waals surface area (Å²) in [5, 5.41) is 0.699. The van der Waals surface area contributed by atoms with E-state index < -0.39 is 0 Å². The topological polar surface area (TPSA) is 30.8 Å². The minimum atomic E-state index is 0.200. The minimum absolute atomic E-state index is 0.200. The zero-order valence-corrected chi connectivity index (χ0v) is 13.2. The summed E-state index contributed by atoms with van der Waals surface area (Å²) in [6.07, 6.45) is 6.94. The van der Waals surface area contributed by atoms with Gasteiger partial charge >= 0.3 is 0 Å². The normalized spacial score (nSPS) is 10.5. The molecule has 0 aromatic heterocycles. The molecular formula is C18H16ClNO2. The van der Waals surface area contributed by atoms with Crippen LogP contribution in [0.4, 0.5) is 5.69 Å². The maximum atomic E-state index is 6.09. The summed E-state index contributed by atoms with van der Waals surface area (Å²) >= 11 is 6.09. The molecule has 0 saturated heterocycles. The van der Waals surface area contributed by atoms with Gasteiger partial charge in [0.25, 0.3) is 0 Å². The molecule has 0 aliphatic rings. The molecule has 0 bridgehead atoms. The molecule has 0 atom stereocenters. The second-order valence-electron chi connectivity index (χ2n) is 4.55. The first-order chi connectivity index (χ1) is 10.7. The molecule has 112 valence electrons. The first-order valence-electron chi connectivity index (χ1n) is 6.69. The largest absolute Gasteiger partial charge is 0.493 e. The SMILES string of the molecule is C#CCOc1ccc(C=Nc2cccc(Cl)c2C)cc1OC. The van der Waals surface area contributed by atoms with Crippen LogP contribution in [0.1, 0.15) is 11.1 Å². The molecule has 4 heteroatoms. The van der Waals surface area contributed by atoms with Gasteiger partial charge in [0.2, 0.25) is 0 Å². The van der Waals surface area contributed by atoms with Gasteiger partial charge in [0.05, 0.1) is 12.8 Å². The number of rotatable bonds is 5. The summed E-state index contributed by atoms with van der Waals surface area (Å²) in [6.45, 7) is 2.14. The second-order valence-corrected chi connectivity index (χ2v) is 4.95. The molecule has 2 aromatic carbocycles. The van der Waals surface area contributed by atoms with Gasteiger partial charge in [0.15, 0.2) is 11.5 Å². The van der Waals surface area contributed by atoms with E-state index in [2.05, 4.69) is 10.9 Å². The molecule has 3 nitrogen and oxygen atoms in total. The van der Waals surface area contributed by atoms with Crippen LogP contribution in [0, 0.1) is 19.3 Å². The van der Waals surface area contributed by atoms with E-state index >= 15 is 0 Å². The van der Waals surface area contributed by atoms with Crippen molar-refractivity contribution in [1.29, 1.82) is 0 Å². The van der Waals surface area contributed by atoms with Gasteiger partial charge in [0, 0.05) is 11.2 Å². The number of ether oxygens (including phenoxy) is 2. The van der Waals surface area contributed by atoms with Crippen LogP contribution in [0.25, 0.3) is 0 Å². The Hall–Kier alpha value is -2.44. The maximum absolute atomic E-state index is 6.09. The number of benzene rings is 2. The van der Waals surface area contributed by atoms with Gasteiger partial charge in [-0.05, 0) is 48.4 Å². The van der Waals surface area contributed by atoms with Crippen LogP contribution in [0.2, 0.25) is 5.02 Å². The Morgan fingerprint density at radius 1 is 1.27 bits per heavy atom. The van der Waals surface area contributed by atoms with Crippen molar-refractivity contribution in [2.45, 2.75) is 6.92 Å². The van der Waals surface area contributed by atoms with Crippen LogP contribution in [-0.2, 0) is 0 Å². The number of hydrogen-bond acceptors (Lipinski definition) is 3. The lowest BCUT2D eigenvalue weighted by atomic mass is 10.2. The monoisotopic (exact) mass is 313 g/mol. The van der Waals surface area contributed by atoms with Crippen LogP contribution < -0.4 is 9.47 Å². The Morgan fingerprint density at radius 2 is 2.09 bits per heavy atom. The van der Waals surface area contributed by atoms with Crippen molar-refractivity contribution in [2.75, 3.05) is 13.7 Å². The van der Waals surface area contributed by atoms with Crippen molar-refractivity contribution in [1.82, 2.24) is 0 Å². The second kappa shape index (κ2) is 7.53. The van der Waals surface area contributed by atoms with Crippen molar-refractivity contribution in [3.63, 3.8) is 0 Å². The average molecular weight is 314 g/mol. The highest BCUT2D eigenvalue weighted by Gasteiger charge is 2.05. The van der Waals surface area contributed by atoms with Gasteiger partial charge in [-0.3, -0.25) is 4.99 Å². The molecule has 22 heavy (non-hydrogen) atoms. The van der Waals surface area contributed by atoms with Gasteiger partial charge < -0.3 is 9.47 Å². The molecule has 0 N–H and O–H groups in total. The van der Waals surface area contributed by atoms with E-state index in [1.165, 1.54) is 0 Å². The van der Waals surface area contributed by atoms with E-state index in [0.29, 0.717) is 16.5 Å². The third kappa shape index (κ3) is 3.81. The summed E-state index contributed by atoms with van der Waals surface area (Å²) < 4.78 is 10.7. The van der Waals surface area contributed by atoms with Crippen molar-refractivity contribution in [3.05, 3.63) is 52.5 Å². The molecule has 0 aliphatic carbocycles. The summed E-state index contributed by atoms with van der Waals surface area (Å²) in [4.78, 5) is 4.47. The Morgan fingerprint density at radius 3 is 2.82 bits per heavy atom. The third-order valence-electron chi connectivity index (χ3n) is 3.09. The predicted molar refractivity (Wildman–Crippen MR) is 90.8 cm³/mol. The molecule has 0 aliphatic heterocycles. The number of aliphatic imine (C=N–C) groups is 1. The van der Waals surface area contributed by atoms with E-state index in [-0.39, 0.29) is 6.61 Å². The van der Waals surface area contributed by atoms with E-state index in [0.717, 1.165) is 16.8 Å². The molecule has 0 fully saturated rings. The van der Waals surface area contributed by atoms with E-state index in [1.54, 1.807) is 13.3 Å². The smallest absolute Gasteiger partial charge is 0.162 e. The van der Waals surface area contributed by atoms with E-state index in [4.69, 9.17) is 27.5 Å². The van der Waals surface area contributed by atoms with Gasteiger partial charge in [0.1, 0.15) is 6.61 Å². The van der Waals surface area contributed by atoms with E-state index in [1.807, 2.05) is 43.3 Å². The zero-order valence-electron chi connectivity index (χ0n) is 12.5. The van der Waals surface area contributed by atoms with Gasteiger partial charge in [-0.25, -0.2) is 0 Å². The quantitative estimate of drug-likeness (QED) is 0.604. The molecule has 0 spiro atoms. The number of terminal acetylenes is 1. The Labute approximate surface area is 135 Å². The van der Waals surface area contributed by atoms with Crippen molar-refractivity contribution in [3.8, 4) is 23.8 Å². The number of methoxy groups -OCH3 is 1. The summed E-state index contributed by atoms with van der Waals surface area (Å²) in [7, 11) is 1.58. The average Bonchev–Trinajstić information content (AvgIpc) is 2.54. The standard InChI is InChI=1S/C18H16ClNO2/c1-4-10-22-17-9-8-14(11-18(17)21-3)12-20-16-7-5-6-15(19)13(16)2/h1,5-9,11-12H,10H2,2-3H3. The zero-order chi connectivity index (χ0) is 15.9. The van der Waals surface area contributed by atoms with Crippen LogP contribution in [0.15, 0.2) is 41.4 Å². The fraction of sp³-hybridized carbons (Fsp3) is 0.167. The van der Waals surface area contributed by atoms with Crippen molar-refractivity contribution >= 4 is 23.5 Å². The first kappa shape index (κ1) is 15.9. The molecular weight excluding hydrogens is 298 g/mol. The highest BCUT2D eigenvalue weighted by molar-refractivity contribution is 6.31. The molecule has 0 amide bonds. The lowest BCUT2D eigenvalue weighted by Crippen LogP contribution is -1.97. The van der Waals surface area contributed by atoms with Gasteiger partial charge in [-0.2, -0.15) is 0 Å². The fourth-order valence-electron chi connectivity index (χ4n) is 1.88. The lowest BCUT2D eigenvalue weighted by Gasteiger charge is -2.09. The Kier molecular flexibility index (Phi) is 5.46. The number of halogens is 1. The Balaban J connectivity index is 2.24. The molecule has 0 radical (unpaired) electrons. The van der Waals surface area contributed by atoms with Gasteiger partial charge in [-0.15, -0.1) is 6.42 Å². The number of nitrogens with zero attached hydrogens (tertiary/aromatic N) is 1. The molecule has 0 heterocycles. The van der Waals surface area contributed by atoms with Crippen molar-refractivity contribution in [2.24, 2.45) is 4.99 Å². The molecule has 2 aromatic rings. The highest BCUT2D eigenvalue weighted by Crippen LogP contribution is 2.28. The molecule has 2 rings (SSSR count). The Bertz CT molecular complexity index is 732. The first-order valence-corrected chi connectivity index (χ1v) is 7.07. The highest BCUT2D eigenvalue weighted by atomic mass is 35.5. The number of hydrogen-bond donors (Lipinski definition) is 0. The summed E-state index contributed by atoms with van der Waals surface area (Å²) in [5.74, 6) is 3.64. The summed E-state index contributed by atoms with van der Waals surface area (Å²) in [6, 6.07) is 11.2. The maximum Gasteiger partial charge on any atom is 0.162 e. The van der Waals surface area contributed by atoms with Crippen LogP contribution in [-0.4, -0.2) is 19.9 Å². The fourth-order valence-corrected chi connectivity index (χ4v) is 2.05. The van der Waals surface area contributed by atoms with Crippen LogP contribution >= 0.6 is 11.6 Å². The van der Waals surface area contributed by atoms with Crippen LogP contribution in [0.3, 0.4) is 0 Å². The molecule has 0 saturated carbocycles. The predicted octanol–water partition coefficient (Wildman–Crippen LogP) is 4.42. The third-order valence-corrected chi connectivity index (χ3v) is 3.50. The molecule has 0 unspecified atom stereocenters. The van der Waals surface area contributed by atoms with Crippen molar-refractivity contribution < 1.29 is 9.47 Å². The van der Waals surface area contributed by atoms with Crippen LogP contribution in [0.5, 0.6) is 11.5 Å². The minimum Gasteiger partial charge on any atom is -0.493 e. The lowest BCUT2D eigenvalue weighted by molar-refractivity contribution is 0.331. The summed E-state index contributed by atoms with van der Waals surface area (Å²) in [5.41, 5.74) is 2.67. The van der Waals surface area contributed by atoms with E-state index in [9.17, 15) is 0 Å².